The van der Waals surface area contributed by atoms with Crippen LogP contribution in [0.4, 0.5) is 14.5 Å². The van der Waals surface area contributed by atoms with Crippen LogP contribution in [-0.4, -0.2) is 31.2 Å². The molecule has 0 bridgehead atoms. The van der Waals surface area contributed by atoms with Gasteiger partial charge in [0.2, 0.25) is 12.7 Å². The molecule has 1 heterocycles. The number of fused-ring (bicyclic) bond motifs is 1. The smallest absolute Gasteiger partial charge is 0.238 e. The molecule has 1 N–H and O–H groups in total. The number of nitrogens with one attached hydrogen (secondary N) is 1. The van der Waals surface area contributed by atoms with Gasteiger partial charge in [-0.3, -0.25) is 9.69 Å². The highest BCUT2D eigenvalue weighted by Gasteiger charge is 2.15. The SMILES string of the molecule is CN(CC(=O)Nc1ccc(F)cc1F)Cc1ccc2c(c1)OCO2. The number of hydrogen-bond donors (Lipinski definition) is 1. The predicted molar refractivity (Wildman–Crippen MR) is 83.9 cm³/mol. The van der Waals surface area contributed by atoms with Crippen molar-refractivity contribution < 1.29 is 23.0 Å². The van der Waals surface area contributed by atoms with Crippen molar-refractivity contribution in [2.45, 2.75) is 6.54 Å². The Morgan fingerprint density at radius 1 is 1.17 bits per heavy atom. The molecule has 3 rings (SSSR count). The molecule has 2 aromatic rings. The van der Waals surface area contributed by atoms with E-state index in [9.17, 15) is 13.6 Å². The summed E-state index contributed by atoms with van der Waals surface area (Å²) in [6, 6.07) is 8.58. The lowest BCUT2D eigenvalue weighted by Gasteiger charge is -2.16. The Labute approximate surface area is 137 Å². The van der Waals surface area contributed by atoms with Crippen LogP contribution in [0.1, 0.15) is 5.56 Å². The van der Waals surface area contributed by atoms with Gasteiger partial charge in [0.05, 0.1) is 12.2 Å². The normalized spacial score (nSPS) is 12.5. The van der Waals surface area contributed by atoms with E-state index in [0.29, 0.717) is 18.0 Å². The second kappa shape index (κ2) is 6.84. The first kappa shape index (κ1) is 16.2. The number of nitrogens with zero attached hydrogens (tertiary/aromatic N) is 1. The average molecular weight is 334 g/mol. The maximum Gasteiger partial charge on any atom is 0.238 e. The molecule has 0 saturated carbocycles. The molecule has 0 aliphatic carbocycles. The van der Waals surface area contributed by atoms with Crippen LogP contribution in [0, 0.1) is 11.6 Å². The van der Waals surface area contributed by atoms with Crippen LogP contribution in [0.5, 0.6) is 11.5 Å². The summed E-state index contributed by atoms with van der Waals surface area (Å²) in [5.41, 5.74) is 0.917. The number of carbonyl (C=O) groups excluding carboxylic acids is 1. The molecule has 0 atom stereocenters. The topological polar surface area (TPSA) is 50.8 Å². The van der Waals surface area contributed by atoms with Crippen molar-refractivity contribution in [1.82, 2.24) is 4.90 Å². The summed E-state index contributed by atoms with van der Waals surface area (Å²) in [4.78, 5) is 13.8. The molecule has 0 spiro atoms. The van der Waals surface area contributed by atoms with Crippen molar-refractivity contribution in [1.29, 1.82) is 0 Å². The van der Waals surface area contributed by atoms with Crippen molar-refractivity contribution in [3.05, 3.63) is 53.6 Å². The number of ether oxygens (including phenoxy) is 2. The van der Waals surface area contributed by atoms with Gasteiger partial charge in [0.25, 0.3) is 0 Å². The lowest BCUT2D eigenvalue weighted by molar-refractivity contribution is -0.117. The minimum Gasteiger partial charge on any atom is -0.454 e. The fraction of sp³-hybridized carbons (Fsp3) is 0.235. The molecule has 5 nitrogen and oxygen atoms in total. The van der Waals surface area contributed by atoms with Gasteiger partial charge in [0.1, 0.15) is 11.6 Å². The van der Waals surface area contributed by atoms with Gasteiger partial charge in [-0.05, 0) is 36.9 Å². The summed E-state index contributed by atoms with van der Waals surface area (Å²) < 4.78 is 36.9. The molecule has 0 fully saturated rings. The van der Waals surface area contributed by atoms with Gasteiger partial charge in [-0.15, -0.1) is 0 Å². The highest BCUT2D eigenvalue weighted by atomic mass is 19.1. The molecule has 126 valence electrons. The van der Waals surface area contributed by atoms with Crippen molar-refractivity contribution in [2.24, 2.45) is 0 Å². The van der Waals surface area contributed by atoms with E-state index in [1.165, 1.54) is 6.07 Å². The van der Waals surface area contributed by atoms with Crippen LogP contribution in [0.2, 0.25) is 0 Å². The number of halogens is 2. The molecule has 0 saturated heterocycles. The number of amides is 1. The van der Waals surface area contributed by atoms with Crippen molar-refractivity contribution in [2.75, 3.05) is 25.7 Å². The Kier molecular flexibility index (Phi) is 4.61. The second-order valence-electron chi connectivity index (χ2n) is 5.53. The summed E-state index contributed by atoms with van der Waals surface area (Å²) in [6.45, 7) is 0.779. The Hall–Kier alpha value is -2.67. The summed E-state index contributed by atoms with van der Waals surface area (Å²) >= 11 is 0. The third-order valence-electron chi connectivity index (χ3n) is 3.51. The molecule has 0 unspecified atom stereocenters. The fourth-order valence-electron chi connectivity index (χ4n) is 2.43. The van der Waals surface area contributed by atoms with E-state index in [1.54, 1.807) is 11.9 Å². The van der Waals surface area contributed by atoms with Gasteiger partial charge in [0, 0.05) is 12.6 Å². The van der Waals surface area contributed by atoms with Crippen LogP contribution in [0.3, 0.4) is 0 Å². The first-order valence-corrected chi connectivity index (χ1v) is 7.33. The standard InChI is InChI=1S/C17H16F2N2O3/c1-21(8-11-2-5-15-16(6-11)24-10-23-15)9-17(22)20-14-4-3-12(18)7-13(14)19/h2-7H,8-10H2,1H3,(H,20,22). The van der Waals surface area contributed by atoms with Crippen molar-refractivity contribution in [3.8, 4) is 11.5 Å². The number of benzene rings is 2. The summed E-state index contributed by atoms with van der Waals surface area (Å²) in [5.74, 6) is -0.499. The zero-order valence-electron chi connectivity index (χ0n) is 13.0. The Bertz CT molecular complexity index is 767. The highest BCUT2D eigenvalue weighted by Crippen LogP contribution is 2.32. The molecule has 0 radical (unpaired) electrons. The highest BCUT2D eigenvalue weighted by molar-refractivity contribution is 5.92. The number of anilines is 1. The summed E-state index contributed by atoms with van der Waals surface area (Å²) in [5, 5.41) is 2.43. The molecule has 2 aromatic carbocycles. The van der Waals surface area contributed by atoms with E-state index in [1.807, 2.05) is 18.2 Å². The average Bonchev–Trinajstić information content (AvgIpc) is 2.97. The van der Waals surface area contributed by atoms with E-state index in [-0.39, 0.29) is 24.9 Å². The van der Waals surface area contributed by atoms with E-state index in [4.69, 9.17) is 9.47 Å². The first-order valence-electron chi connectivity index (χ1n) is 7.33. The van der Waals surface area contributed by atoms with E-state index in [2.05, 4.69) is 5.32 Å². The van der Waals surface area contributed by atoms with Gasteiger partial charge >= 0.3 is 0 Å². The maximum absolute atomic E-state index is 13.5. The third-order valence-corrected chi connectivity index (χ3v) is 3.51. The molecule has 1 aliphatic heterocycles. The molecular formula is C17H16F2N2O3. The largest absolute Gasteiger partial charge is 0.454 e. The monoisotopic (exact) mass is 334 g/mol. The number of likely N-dealkylation sites (N-methyl/N-ethyl adjacent to an activating group) is 1. The Morgan fingerprint density at radius 2 is 1.96 bits per heavy atom. The van der Waals surface area contributed by atoms with Gasteiger partial charge < -0.3 is 14.8 Å². The summed E-state index contributed by atoms with van der Waals surface area (Å²) in [7, 11) is 1.77. The van der Waals surface area contributed by atoms with Gasteiger partial charge in [-0.2, -0.15) is 0 Å². The minimum atomic E-state index is -0.804. The van der Waals surface area contributed by atoms with Crippen LogP contribution in [-0.2, 0) is 11.3 Å². The molecule has 1 aliphatic rings. The van der Waals surface area contributed by atoms with Crippen molar-refractivity contribution >= 4 is 11.6 Å². The lowest BCUT2D eigenvalue weighted by atomic mass is 10.2. The minimum absolute atomic E-state index is 0.0436. The van der Waals surface area contributed by atoms with Crippen LogP contribution < -0.4 is 14.8 Å². The van der Waals surface area contributed by atoms with E-state index >= 15 is 0 Å². The number of carbonyl (C=O) groups is 1. The second-order valence-corrected chi connectivity index (χ2v) is 5.53. The zero-order valence-corrected chi connectivity index (χ0v) is 13.0. The van der Waals surface area contributed by atoms with Gasteiger partial charge in [0.15, 0.2) is 11.5 Å². The van der Waals surface area contributed by atoms with Crippen LogP contribution in [0.15, 0.2) is 36.4 Å². The van der Waals surface area contributed by atoms with Crippen molar-refractivity contribution in [3.63, 3.8) is 0 Å². The third kappa shape index (κ3) is 3.80. The lowest BCUT2D eigenvalue weighted by Crippen LogP contribution is -2.30. The Balaban J connectivity index is 1.56. The summed E-state index contributed by atoms with van der Waals surface area (Å²) in [6.07, 6.45) is 0. The fourth-order valence-corrected chi connectivity index (χ4v) is 2.43. The maximum atomic E-state index is 13.5. The molecule has 24 heavy (non-hydrogen) atoms. The number of hydrogen-bond acceptors (Lipinski definition) is 4. The van der Waals surface area contributed by atoms with Crippen LogP contribution in [0.25, 0.3) is 0 Å². The Morgan fingerprint density at radius 3 is 2.75 bits per heavy atom. The molecular weight excluding hydrogens is 318 g/mol. The number of rotatable bonds is 5. The van der Waals surface area contributed by atoms with E-state index in [0.717, 1.165) is 17.7 Å². The van der Waals surface area contributed by atoms with E-state index < -0.39 is 11.6 Å². The molecule has 7 heteroatoms. The predicted octanol–water partition coefficient (Wildman–Crippen LogP) is 2.76. The van der Waals surface area contributed by atoms with Gasteiger partial charge in [-0.25, -0.2) is 8.78 Å². The first-order chi connectivity index (χ1) is 11.5. The van der Waals surface area contributed by atoms with Gasteiger partial charge in [-0.1, -0.05) is 6.07 Å². The van der Waals surface area contributed by atoms with Crippen LogP contribution >= 0.6 is 0 Å². The quantitative estimate of drug-likeness (QED) is 0.913. The zero-order chi connectivity index (χ0) is 17.1. The molecule has 1 amide bonds. The molecule has 0 aromatic heterocycles.